The fraction of sp³-hybridized carbons (Fsp3) is 0.800. The van der Waals surface area contributed by atoms with Gasteiger partial charge in [-0.05, 0) is 61.1 Å². The van der Waals surface area contributed by atoms with Crippen LogP contribution in [-0.2, 0) is 19.5 Å². The number of hydrogen-bond acceptors (Lipinski definition) is 3. The quantitative estimate of drug-likeness (QED) is 0.913. The van der Waals surface area contributed by atoms with E-state index < -0.39 is 0 Å². The van der Waals surface area contributed by atoms with Gasteiger partial charge in [-0.1, -0.05) is 6.92 Å². The molecule has 1 aromatic heterocycles. The van der Waals surface area contributed by atoms with Gasteiger partial charge in [-0.3, -0.25) is 9.58 Å². The molecule has 1 aromatic rings. The topological polar surface area (TPSA) is 33.1 Å². The molecule has 4 nitrogen and oxygen atoms in total. The lowest BCUT2D eigenvalue weighted by Crippen LogP contribution is -2.44. The number of likely N-dealkylation sites (tertiary alicyclic amines) is 1. The number of rotatable bonds is 4. The Labute approximate surface area is 130 Å². The van der Waals surface area contributed by atoms with Gasteiger partial charge in [-0.25, -0.2) is 0 Å². The highest BCUT2D eigenvalue weighted by molar-refractivity contribution is 9.10. The van der Waals surface area contributed by atoms with E-state index in [1.807, 2.05) is 0 Å². The van der Waals surface area contributed by atoms with Gasteiger partial charge in [0.25, 0.3) is 0 Å². The van der Waals surface area contributed by atoms with Gasteiger partial charge in [0.1, 0.15) is 0 Å². The molecule has 0 bridgehead atoms. The van der Waals surface area contributed by atoms with E-state index in [-0.39, 0.29) is 0 Å². The Morgan fingerprint density at radius 2 is 2.20 bits per heavy atom. The molecule has 2 unspecified atom stereocenters. The first kappa shape index (κ1) is 14.5. The van der Waals surface area contributed by atoms with Crippen LogP contribution >= 0.6 is 15.9 Å². The van der Waals surface area contributed by atoms with Crippen molar-refractivity contribution in [2.75, 3.05) is 19.6 Å². The Balaban J connectivity index is 1.81. The minimum Gasteiger partial charge on any atom is -0.315 e. The number of hydrogen-bond donors (Lipinski definition) is 1. The number of nitrogens with one attached hydrogen (secondary N) is 1. The monoisotopic (exact) mass is 340 g/mol. The Morgan fingerprint density at radius 1 is 1.35 bits per heavy atom. The molecule has 2 saturated heterocycles. The number of halogens is 1. The van der Waals surface area contributed by atoms with Gasteiger partial charge in [0.05, 0.1) is 15.9 Å². The molecule has 3 rings (SSSR count). The lowest BCUT2D eigenvalue weighted by molar-refractivity contribution is 0.114. The summed E-state index contributed by atoms with van der Waals surface area (Å²) in [5.74, 6) is 0.853. The minimum absolute atomic E-state index is 0.723. The van der Waals surface area contributed by atoms with Crippen molar-refractivity contribution in [3.05, 3.63) is 15.9 Å². The van der Waals surface area contributed by atoms with Crippen molar-refractivity contribution in [3.63, 3.8) is 0 Å². The first-order valence-corrected chi connectivity index (χ1v) is 8.72. The van der Waals surface area contributed by atoms with Crippen molar-refractivity contribution < 1.29 is 0 Å². The molecule has 112 valence electrons. The average Bonchev–Trinajstić information content (AvgIpc) is 3.05. The molecule has 0 aliphatic carbocycles. The van der Waals surface area contributed by atoms with Crippen LogP contribution in [0, 0.1) is 5.92 Å². The summed E-state index contributed by atoms with van der Waals surface area (Å²) in [5.41, 5.74) is 2.55. The van der Waals surface area contributed by atoms with Crippen LogP contribution in [0.25, 0.3) is 0 Å². The van der Waals surface area contributed by atoms with E-state index in [0.717, 1.165) is 38.0 Å². The summed E-state index contributed by atoms with van der Waals surface area (Å²) in [6.07, 6.45) is 3.72. The fourth-order valence-corrected chi connectivity index (χ4v) is 4.41. The predicted octanol–water partition coefficient (Wildman–Crippen LogP) is 2.41. The van der Waals surface area contributed by atoms with E-state index in [2.05, 4.69) is 44.7 Å². The maximum absolute atomic E-state index is 4.73. The average molecular weight is 341 g/mol. The summed E-state index contributed by atoms with van der Waals surface area (Å²) in [5, 5.41) is 8.29. The van der Waals surface area contributed by atoms with Gasteiger partial charge < -0.3 is 5.32 Å². The summed E-state index contributed by atoms with van der Waals surface area (Å²) in [7, 11) is 0. The van der Waals surface area contributed by atoms with E-state index >= 15 is 0 Å². The van der Waals surface area contributed by atoms with Crippen molar-refractivity contribution >= 4 is 15.9 Å². The highest BCUT2D eigenvalue weighted by atomic mass is 79.9. The Bertz CT molecular complexity index is 471. The fourth-order valence-electron chi connectivity index (χ4n) is 3.72. The second-order valence-corrected chi connectivity index (χ2v) is 6.77. The van der Waals surface area contributed by atoms with Crippen molar-refractivity contribution in [2.45, 2.75) is 52.2 Å². The zero-order chi connectivity index (χ0) is 14.1. The van der Waals surface area contributed by atoms with Crippen molar-refractivity contribution in [3.8, 4) is 0 Å². The first-order chi connectivity index (χ1) is 9.74. The van der Waals surface area contributed by atoms with Crippen LogP contribution in [0.3, 0.4) is 0 Å². The minimum atomic E-state index is 0.723. The van der Waals surface area contributed by atoms with Crippen LogP contribution in [0.1, 0.15) is 38.1 Å². The van der Waals surface area contributed by atoms with Gasteiger partial charge in [0, 0.05) is 25.7 Å². The zero-order valence-electron chi connectivity index (χ0n) is 12.5. The lowest BCUT2D eigenvalue weighted by Gasteiger charge is -2.37. The zero-order valence-corrected chi connectivity index (χ0v) is 14.1. The molecule has 2 aliphatic rings. The maximum Gasteiger partial charge on any atom is 0.0767 e. The Morgan fingerprint density at radius 3 is 2.95 bits per heavy atom. The molecule has 0 radical (unpaired) electrons. The summed E-state index contributed by atoms with van der Waals surface area (Å²) in [6.45, 7) is 9.93. The SMILES string of the molecule is CCc1nn(CC)c(CN2CCCC3CNCC32)c1Br. The first-order valence-electron chi connectivity index (χ1n) is 7.93. The van der Waals surface area contributed by atoms with Crippen LogP contribution in [0.15, 0.2) is 4.47 Å². The molecular weight excluding hydrogens is 316 g/mol. The number of aryl methyl sites for hydroxylation is 2. The molecule has 1 N–H and O–H groups in total. The standard InChI is InChI=1S/C15H25BrN4/c1-3-12-15(16)14(20(4-2)18-12)10-19-7-5-6-11-8-17-9-13(11)19/h11,13,17H,3-10H2,1-2H3. The second-order valence-electron chi connectivity index (χ2n) is 5.98. The van der Waals surface area contributed by atoms with Crippen molar-refractivity contribution in [1.29, 1.82) is 0 Å². The third-order valence-electron chi connectivity index (χ3n) is 4.84. The molecule has 0 saturated carbocycles. The molecule has 0 spiro atoms. The van der Waals surface area contributed by atoms with E-state index in [4.69, 9.17) is 5.10 Å². The van der Waals surface area contributed by atoms with Gasteiger partial charge in [-0.15, -0.1) is 0 Å². The third kappa shape index (κ3) is 2.55. The normalized spacial score (nSPS) is 26.9. The smallest absolute Gasteiger partial charge is 0.0767 e. The van der Waals surface area contributed by atoms with E-state index in [9.17, 15) is 0 Å². The van der Waals surface area contributed by atoms with E-state index in [1.54, 1.807) is 0 Å². The summed E-state index contributed by atoms with van der Waals surface area (Å²) in [6, 6.07) is 0.723. The van der Waals surface area contributed by atoms with Crippen LogP contribution in [-0.4, -0.2) is 40.4 Å². The van der Waals surface area contributed by atoms with Crippen LogP contribution < -0.4 is 5.32 Å². The number of piperidine rings is 1. The molecule has 3 heterocycles. The molecule has 20 heavy (non-hydrogen) atoms. The van der Waals surface area contributed by atoms with Gasteiger partial charge in [-0.2, -0.15) is 5.10 Å². The highest BCUT2D eigenvalue weighted by Crippen LogP contribution is 2.30. The van der Waals surface area contributed by atoms with Crippen molar-refractivity contribution in [1.82, 2.24) is 20.0 Å². The van der Waals surface area contributed by atoms with E-state index in [1.165, 1.54) is 41.8 Å². The molecule has 2 fully saturated rings. The Kier molecular flexibility index (Phi) is 4.48. The summed E-state index contributed by atoms with van der Waals surface area (Å²) >= 11 is 3.78. The highest BCUT2D eigenvalue weighted by Gasteiger charge is 2.35. The second kappa shape index (κ2) is 6.16. The largest absolute Gasteiger partial charge is 0.315 e. The maximum atomic E-state index is 4.73. The van der Waals surface area contributed by atoms with Gasteiger partial charge in [0.15, 0.2) is 0 Å². The van der Waals surface area contributed by atoms with Gasteiger partial charge in [0.2, 0.25) is 0 Å². The predicted molar refractivity (Wildman–Crippen MR) is 84.8 cm³/mol. The molecule has 0 aromatic carbocycles. The van der Waals surface area contributed by atoms with Crippen LogP contribution in [0.4, 0.5) is 0 Å². The van der Waals surface area contributed by atoms with Gasteiger partial charge >= 0.3 is 0 Å². The molecule has 2 aliphatic heterocycles. The number of fused-ring (bicyclic) bond motifs is 1. The number of nitrogens with zero attached hydrogens (tertiary/aromatic N) is 3. The Hall–Kier alpha value is -0.390. The molecule has 5 heteroatoms. The molecular formula is C15H25BrN4. The van der Waals surface area contributed by atoms with Crippen molar-refractivity contribution in [2.24, 2.45) is 5.92 Å². The summed E-state index contributed by atoms with van der Waals surface area (Å²) < 4.78 is 3.41. The number of aromatic nitrogens is 2. The third-order valence-corrected chi connectivity index (χ3v) is 5.76. The molecule has 2 atom stereocenters. The molecule has 0 amide bonds. The lowest BCUT2D eigenvalue weighted by atomic mass is 9.92. The van der Waals surface area contributed by atoms with Crippen LogP contribution in [0.5, 0.6) is 0 Å². The van der Waals surface area contributed by atoms with Crippen LogP contribution in [0.2, 0.25) is 0 Å². The van der Waals surface area contributed by atoms with E-state index in [0.29, 0.717) is 0 Å². The summed E-state index contributed by atoms with van der Waals surface area (Å²) in [4.78, 5) is 2.67.